The minimum atomic E-state index is -2.50. The second-order valence-electron chi connectivity index (χ2n) is 7.58. The molecule has 0 saturated heterocycles. The molecule has 0 amide bonds. The minimum Gasteiger partial charge on any atom is -0.547 e. The maximum absolute atomic E-state index is 10.1. The Kier molecular flexibility index (Phi) is 23.5. The molecule has 12 atom stereocenters. The molecule has 15 N–H and O–H groups in total. The zero-order valence-corrected chi connectivity index (χ0v) is 22.0. The third-order valence-corrected chi connectivity index (χ3v) is 4.47. The number of hydrogen-bond acceptors (Lipinski definition) is 21. The van der Waals surface area contributed by atoms with Gasteiger partial charge in [-0.05, 0) is 0 Å². The van der Waals surface area contributed by atoms with Crippen molar-refractivity contribution in [3.63, 3.8) is 0 Å². The van der Waals surface area contributed by atoms with E-state index in [9.17, 15) is 44.1 Å². The van der Waals surface area contributed by atoms with Crippen LogP contribution in [0.3, 0.4) is 0 Å². The number of aliphatic carboxylic acids is 6. The third-order valence-electron chi connectivity index (χ3n) is 4.47. The van der Waals surface area contributed by atoms with Gasteiger partial charge in [0.15, 0.2) is 18.3 Å². The number of carboxylic acids is 6. The Morgan fingerprint density at radius 1 is 0.326 bits per heavy atom. The topological polar surface area (TPSA) is 475 Å². The van der Waals surface area contributed by atoms with Gasteiger partial charge in [0.05, 0.1) is 17.9 Å². The first-order chi connectivity index (χ1) is 18.9. The second-order valence-corrected chi connectivity index (χ2v) is 7.58. The molecule has 0 saturated carbocycles. The first-order valence-corrected chi connectivity index (χ1v) is 10.3. The van der Waals surface area contributed by atoms with Crippen LogP contribution < -0.4 is 15.3 Å². The summed E-state index contributed by atoms with van der Waals surface area (Å²) >= 11 is 0. The number of rotatable bonds is 15. The molecule has 0 aliphatic heterocycles. The van der Waals surface area contributed by atoms with Gasteiger partial charge in [0.25, 0.3) is 0 Å². The summed E-state index contributed by atoms with van der Waals surface area (Å²) < 4.78 is 0. The van der Waals surface area contributed by atoms with E-state index in [1.54, 1.807) is 0 Å². The summed E-state index contributed by atoms with van der Waals surface area (Å²) in [5, 5.41) is 159. The molecular formula is C18H27AlO24. The molecule has 246 valence electrons. The van der Waals surface area contributed by atoms with Gasteiger partial charge < -0.3 is 106 Å². The number of carbonyl (C=O) groups excluding carboxylic acids is 3. The smallest absolute Gasteiger partial charge is 0.547 e. The average molecular weight is 654 g/mol. The van der Waals surface area contributed by atoms with Crippen molar-refractivity contribution in [2.75, 3.05) is 0 Å². The summed E-state index contributed by atoms with van der Waals surface area (Å²) in [4.78, 5) is 60.1. The van der Waals surface area contributed by atoms with Crippen LogP contribution in [-0.4, -0.2) is 203 Å². The maximum atomic E-state index is 10.1. The molecule has 24 nitrogen and oxygen atoms in total. The average Bonchev–Trinajstić information content (AvgIpc) is 2.92. The van der Waals surface area contributed by atoms with Crippen molar-refractivity contribution in [2.24, 2.45) is 0 Å². The Labute approximate surface area is 247 Å². The van der Waals surface area contributed by atoms with Crippen LogP contribution in [-0.2, 0) is 28.8 Å². The number of aliphatic hydroxyl groups excluding tert-OH is 12. The van der Waals surface area contributed by atoms with E-state index in [-0.39, 0.29) is 17.4 Å². The molecule has 0 radical (unpaired) electrons. The number of carbonyl (C=O) groups is 6. The molecule has 0 heterocycles. The maximum Gasteiger partial charge on any atom is 3.00 e. The van der Waals surface area contributed by atoms with Crippen LogP contribution in [0.4, 0.5) is 0 Å². The standard InChI is InChI=1S/3C6H10O8.Al/c3*7-1(3(9)5(11)12)2(8)4(10)6(13)14;/h3*1-4,7-10H,(H,11,12)(H,13,14);/q;;;+3/p-3/t3*1-,2-,3-,4+;/m000./s1. The molecule has 0 aliphatic rings. The Morgan fingerprint density at radius 3 is 0.535 bits per heavy atom. The molecule has 0 rings (SSSR count). The van der Waals surface area contributed by atoms with Gasteiger partial charge in [0.2, 0.25) is 0 Å². The van der Waals surface area contributed by atoms with E-state index in [4.69, 9.17) is 76.6 Å². The van der Waals surface area contributed by atoms with Crippen molar-refractivity contribution < 1.29 is 121 Å². The first-order valence-electron chi connectivity index (χ1n) is 10.3. The van der Waals surface area contributed by atoms with Crippen molar-refractivity contribution in [1.82, 2.24) is 0 Å². The van der Waals surface area contributed by atoms with Crippen LogP contribution in [0, 0.1) is 0 Å². The summed E-state index contributed by atoms with van der Waals surface area (Å²) in [7, 11) is 0. The fraction of sp³-hybridized carbons (Fsp3) is 0.667. The van der Waals surface area contributed by atoms with Crippen LogP contribution in [0.15, 0.2) is 0 Å². The molecule has 0 spiro atoms. The van der Waals surface area contributed by atoms with Crippen LogP contribution in [0.5, 0.6) is 0 Å². The monoisotopic (exact) mass is 654 g/mol. The minimum absolute atomic E-state index is 0. The molecule has 0 aromatic rings. The number of carboxylic acid groups (broad SMARTS) is 6. The predicted octanol–water partition coefficient (Wildman–Crippen LogP) is -14.6. The zero-order chi connectivity index (χ0) is 34.4. The van der Waals surface area contributed by atoms with Gasteiger partial charge in [-0.15, -0.1) is 0 Å². The summed E-state index contributed by atoms with van der Waals surface area (Å²) in [5.41, 5.74) is 0. The van der Waals surface area contributed by atoms with E-state index in [2.05, 4.69) is 0 Å². The van der Waals surface area contributed by atoms with Gasteiger partial charge in [-0.3, -0.25) is 0 Å². The Balaban J connectivity index is -0.000000262. The Hall–Kier alpha value is -3.13. The predicted molar refractivity (Wildman–Crippen MR) is 116 cm³/mol. The molecule has 25 heteroatoms. The van der Waals surface area contributed by atoms with Crippen molar-refractivity contribution >= 4 is 53.2 Å². The zero-order valence-electron chi connectivity index (χ0n) is 20.9. The van der Waals surface area contributed by atoms with Crippen LogP contribution >= 0.6 is 0 Å². The van der Waals surface area contributed by atoms with E-state index in [0.29, 0.717) is 0 Å². The van der Waals surface area contributed by atoms with E-state index in [1.165, 1.54) is 0 Å². The van der Waals surface area contributed by atoms with Crippen molar-refractivity contribution in [3.05, 3.63) is 0 Å². The normalized spacial score (nSPS) is 19.0. The van der Waals surface area contributed by atoms with Gasteiger partial charge in [0, 0.05) is 0 Å². The fourth-order valence-electron chi connectivity index (χ4n) is 1.98. The summed E-state index contributed by atoms with van der Waals surface area (Å²) in [6.45, 7) is 0. The molecule has 0 fully saturated rings. The van der Waals surface area contributed by atoms with Gasteiger partial charge in [0.1, 0.15) is 54.9 Å². The molecule has 0 bridgehead atoms. The second kappa shape index (κ2) is 21.5. The fourth-order valence-corrected chi connectivity index (χ4v) is 1.98. The molecule has 0 aliphatic carbocycles. The molecule has 0 aromatic carbocycles. The van der Waals surface area contributed by atoms with Crippen molar-refractivity contribution in [3.8, 4) is 0 Å². The van der Waals surface area contributed by atoms with Crippen LogP contribution in [0.1, 0.15) is 0 Å². The van der Waals surface area contributed by atoms with Gasteiger partial charge >= 0.3 is 35.3 Å². The van der Waals surface area contributed by atoms with Crippen molar-refractivity contribution in [2.45, 2.75) is 73.2 Å². The van der Waals surface area contributed by atoms with Gasteiger partial charge in [-0.2, -0.15) is 0 Å². The Morgan fingerprint density at radius 2 is 0.442 bits per heavy atom. The molecule has 43 heavy (non-hydrogen) atoms. The Bertz CT molecular complexity index is 727. The van der Waals surface area contributed by atoms with E-state index < -0.39 is 109 Å². The van der Waals surface area contributed by atoms with Gasteiger partial charge in [-0.1, -0.05) is 0 Å². The number of aliphatic hydroxyl groups is 12. The van der Waals surface area contributed by atoms with E-state index in [1.807, 2.05) is 0 Å². The third kappa shape index (κ3) is 16.3. The molecular weight excluding hydrogens is 627 g/mol. The largest absolute Gasteiger partial charge is 3.00 e. The van der Waals surface area contributed by atoms with Gasteiger partial charge in [-0.25, -0.2) is 14.4 Å². The molecule has 0 aromatic heterocycles. The van der Waals surface area contributed by atoms with E-state index >= 15 is 0 Å². The van der Waals surface area contributed by atoms with E-state index in [0.717, 1.165) is 0 Å². The van der Waals surface area contributed by atoms with Crippen LogP contribution in [0.25, 0.3) is 0 Å². The summed E-state index contributed by atoms with van der Waals surface area (Å²) in [6, 6.07) is 0. The number of hydrogen-bond donors (Lipinski definition) is 15. The summed E-state index contributed by atoms with van der Waals surface area (Å²) in [6.07, 6.45) is -28.6. The van der Waals surface area contributed by atoms with Crippen molar-refractivity contribution in [1.29, 1.82) is 0 Å². The summed E-state index contributed by atoms with van der Waals surface area (Å²) in [5.74, 6) is -11.8. The van der Waals surface area contributed by atoms with Crippen LogP contribution in [0.2, 0.25) is 0 Å². The quantitative estimate of drug-likeness (QED) is 0.0728. The SMILES string of the molecule is O=C(O)[C@@H](O)[C@@H](O)[C@H](O)[C@@H](O)C(=O)O.O=C([O-])[C@@H](O)[C@@H](O)[C@H](O)[C@@H](O)C(=O)O.O=C([O-])[C@@H](O)[C@@H](O)[C@H](O)[C@@H](O)C(=O)[O-].[Al+3]. The first kappa shape index (κ1) is 46.8. The molecule has 0 unspecified atom stereocenters.